The predicted octanol–water partition coefficient (Wildman–Crippen LogP) is 1.68. The van der Waals surface area contributed by atoms with Crippen LogP contribution in [0.15, 0.2) is 22.7 Å². The smallest absolute Gasteiger partial charge is 0.337 e. The van der Waals surface area contributed by atoms with Crippen molar-refractivity contribution in [2.45, 2.75) is 13.5 Å². The van der Waals surface area contributed by atoms with E-state index < -0.39 is 10.9 Å². The largest absolute Gasteiger partial charge is 0.465 e. The number of aromatic nitrogens is 2. The topological polar surface area (TPSA) is 120 Å². The molecule has 0 amide bonds. The van der Waals surface area contributed by atoms with Gasteiger partial charge in [-0.15, -0.1) is 0 Å². The Hall–Kier alpha value is -2.97. The molecule has 0 saturated carbocycles. The van der Waals surface area contributed by atoms with Gasteiger partial charge in [0.15, 0.2) is 5.82 Å². The first-order chi connectivity index (χ1) is 10.0. The second-order valence-electron chi connectivity index (χ2n) is 4.07. The van der Waals surface area contributed by atoms with E-state index in [9.17, 15) is 14.9 Å². The molecular formula is C12H12N4O5. The highest BCUT2D eigenvalue weighted by molar-refractivity contribution is 5.91. The first kappa shape index (κ1) is 14.4. The molecule has 9 nitrogen and oxygen atoms in total. The van der Waals surface area contributed by atoms with Crippen molar-refractivity contribution in [2.75, 3.05) is 12.4 Å². The van der Waals surface area contributed by atoms with Crippen molar-refractivity contribution in [1.29, 1.82) is 0 Å². The van der Waals surface area contributed by atoms with E-state index >= 15 is 0 Å². The molecule has 0 spiro atoms. The number of hydrogen-bond donors (Lipinski definition) is 1. The summed E-state index contributed by atoms with van der Waals surface area (Å²) in [6.45, 7) is 1.76. The highest BCUT2D eigenvalue weighted by Gasteiger charge is 2.17. The summed E-state index contributed by atoms with van der Waals surface area (Å²) in [7, 11) is 1.23. The number of nitro groups is 1. The highest BCUT2D eigenvalue weighted by Crippen LogP contribution is 2.26. The van der Waals surface area contributed by atoms with E-state index in [0.29, 0.717) is 5.82 Å². The van der Waals surface area contributed by atoms with Gasteiger partial charge in [-0.25, -0.2) is 4.79 Å². The van der Waals surface area contributed by atoms with Gasteiger partial charge in [0, 0.05) is 6.07 Å². The molecule has 2 aromatic rings. The maximum Gasteiger partial charge on any atom is 0.337 e. The van der Waals surface area contributed by atoms with Gasteiger partial charge in [0.2, 0.25) is 5.89 Å². The Morgan fingerprint density at radius 3 is 2.86 bits per heavy atom. The molecule has 1 N–H and O–H groups in total. The molecule has 110 valence electrons. The molecule has 0 bridgehead atoms. The van der Waals surface area contributed by atoms with Crippen LogP contribution in [0.5, 0.6) is 0 Å². The number of rotatable bonds is 5. The third-order valence-corrected chi connectivity index (χ3v) is 2.61. The maximum absolute atomic E-state index is 11.5. The molecule has 0 saturated heterocycles. The van der Waals surface area contributed by atoms with Crippen LogP contribution in [0.25, 0.3) is 0 Å². The van der Waals surface area contributed by atoms with Crippen molar-refractivity contribution in [1.82, 2.24) is 10.1 Å². The second kappa shape index (κ2) is 5.99. The van der Waals surface area contributed by atoms with Crippen molar-refractivity contribution in [2.24, 2.45) is 0 Å². The second-order valence-corrected chi connectivity index (χ2v) is 4.07. The summed E-state index contributed by atoms with van der Waals surface area (Å²) < 4.78 is 9.48. The van der Waals surface area contributed by atoms with Crippen LogP contribution >= 0.6 is 0 Å². The van der Waals surface area contributed by atoms with Crippen molar-refractivity contribution in [3.8, 4) is 0 Å². The lowest BCUT2D eigenvalue weighted by Gasteiger charge is -2.06. The third kappa shape index (κ3) is 3.32. The van der Waals surface area contributed by atoms with Crippen molar-refractivity contribution in [3.05, 3.63) is 45.6 Å². The van der Waals surface area contributed by atoms with Crippen LogP contribution in [-0.2, 0) is 11.3 Å². The fraction of sp³-hybridized carbons (Fsp3) is 0.250. The molecule has 0 aliphatic carbocycles. The standard InChI is InChI=1S/C12H12N4O5/c1-7-14-11(21-15-7)6-13-9-5-8(12(17)20-2)3-4-10(9)16(18)19/h3-5,13H,6H2,1-2H3. The number of methoxy groups -OCH3 is 1. The lowest BCUT2D eigenvalue weighted by molar-refractivity contribution is -0.384. The first-order valence-electron chi connectivity index (χ1n) is 5.91. The Kier molecular flexibility index (Phi) is 4.12. The van der Waals surface area contributed by atoms with Crippen LogP contribution in [0.2, 0.25) is 0 Å². The number of carbonyl (C=O) groups excluding carboxylic acids is 1. The molecule has 2 rings (SSSR count). The van der Waals surface area contributed by atoms with Gasteiger partial charge < -0.3 is 14.6 Å². The van der Waals surface area contributed by atoms with Gasteiger partial charge in [0.05, 0.1) is 24.1 Å². The molecule has 21 heavy (non-hydrogen) atoms. The number of ether oxygens (including phenoxy) is 1. The Morgan fingerprint density at radius 1 is 1.52 bits per heavy atom. The van der Waals surface area contributed by atoms with Gasteiger partial charge >= 0.3 is 5.97 Å². The number of nitrogens with one attached hydrogen (secondary N) is 1. The van der Waals surface area contributed by atoms with Gasteiger partial charge in [-0.1, -0.05) is 5.16 Å². The number of carbonyl (C=O) groups is 1. The first-order valence-corrected chi connectivity index (χ1v) is 5.91. The minimum Gasteiger partial charge on any atom is -0.465 e. The van der Waals surface area contributed by atoms with Crippen LogP contribution in [0, 0.1) is 17.0 Å². The van der Waals surface area contributed by atoms with E-state index in [1.54, 1.807) is 6.92 Å². The molecule has 0 fully saturated rings. The molecular weight excluding hydrogens is 280 g/mol. The van der Waals surface area contributed by atoms with Crippen LogP contribution in [0.3, 0.4) is 0 Å². The van der Waals surface area contributed by atoms with E-state index in [4.69, 9.17) is 4.52 Å². The summed E-state index contributed by atoms with van der Waals surface area (Å²) in [4.78, 5) is 25.9. The Labute approximate surface area is 119 Å². The Bertz CT molecular complexity index is 682. The average Bonchev–Trinajstić information content (AvgIpc) is 2.89. The number of anilines is 1. The SMILES string of the molecule is COC(=O)c1ccc([N+](=O)[O-])c(NCc2nc(C)no2)c1. The number of nitro benzene ring substituents is 1. The van der Waals surface area contributed by atoms with Crippen LogP contribution in [0.4, 0.5) is 11.4 Å². The third-order valence-electron chi connectivity index (χ3n) is 2.61. The molecule has 1 aromatic carbocycles. The summed E-state index contributed by atoms with van der Waals surface area (Å²) in [6, 6.07) is 3.90. The molecule has 0 unspecified atom stereocenters. The Morgan fingerprint density at radius 2 is 2.29 bits per heavy atom. The van der Waals surface area contributed by atoms with Gasteiger partial charge in [-0.2, -0.15) is 4.98 Å². The number of benzene rings is 1. The zero-order chi connectivity index (χ0) is 15.4. The minimum absolute atomic E-state index is 0.103. The van der Waals surface area contributed by atoms with Crippen LogP contribution in [0.1, 0.15) is 22.1 Å². The molecule has 0 aliphatic rings. The minimum atomic E-state index is -0.582. The van der Waals surface area contributed by atoms with E-state index in [1.807, 2.05) is 0 Å². The van der Waals surface area contributed by atoms with Crippen molar-refractivity contribution in [3.63, 3.8) is 0 Å². The fourth-order valence-electron chi connectivity index (χ4n) is 1.66. The summed E-state index contributed by atoms with van der Waals surface area (Å²) in [5.41, 5.74) is 0.199. The molecule has 0 aliphatic heterocycles. The zero-order valence-corrected chi connectivity index (χ0v) is 11.3. The number of aryl methyl sites for hydroxylation is 1. The number of hydrogen-bond acceptors (Lipinski definition) is 8. The maximum atomic E-state index is 11.5. The van der Waals surface area contributed by atoms with E-state index in [0.717, 1.165) is 0 Å². The van der Waals surface area contributed by atoms with Crippen LogP contribution < -0.4 is 5.32 Å². The molecule has 1 heterocycles. The van der Waals surface area contributed by atoms with E-state index in [1.165, 1.54) is 25.3 Å². The Balaban J connectivity index is 2.25. The molecule has 0 radical (unpaired) electrons. The summed E-state index contributed by atoms with van der Waals surface area (Å²) in [5, 5.41) is 17.4. The lowest BCUT2D eigenvalue weighted by Crippen LogP contribution is -2.06. The van der Waals surface area contributed by atoms with Crippen molar-refractivity contribution < 1.29 is 19.0 Å². The highest BCUT2D eigenvalue weighted by atomic mass is 16.6. The molecule has 1 aromatic heterocycles. The monoisotopic (exact) mass is 292 g/mol. The lowest BCUT2D eigenvalue weighted by atomic mass is 10.1. The summed E-state index contributed by atoms with van der Waals surface area (Å²) in [6.07, 6.45) is 0. The van der Waals surface area contributed by atoms with Gasteiger partial charge in [-0.3, -0.25) is 10.1 Å². The van der Waals surface area contributed by atoms with Gasteiger partial charge in [-0.05, 0) is 19.1 Å². The predicted molar refractivity (Wildman–Crippen MR) is 70.8 cm³/mol. The van der Waals surface area contributed by atoms with Crippen molar-refractivity contribution >= 4 is 17.3 Å². The summed E-state index contributed by atoms with van der Waals surface area (Å²) in [5.74, 6) is 0.163. The van der Waals surface area contributed by atoms with Gasteiger partial charge in [0.25, 0.3) is 5.69 Å². The molecule has 0 atom stereocenters. The fourth-order valence-corrected chi connectivity index (χ4v) is 1.66. The van der Waals surface area contributed by atoms with E-state index in [2.05, 4.69) is 20.2 Å². The quantitative estimate of drug-likeness (QED) is 0.502. The van der Waals surface area contributed by atoms with Crippen LogP contribution in [-0.4, -0.2) is 28.1 Å². The average molecular weight is 292 g/mol. The normalized spacial score (nSPS) is 10.2. The van der Waals surface area contributed by atoms with E-state index in [-0.39, 0.29) is 29.4 Å². The zero-order valence-electron chi connectivity index (χ0n) is 11.3. The number of nitrogens with zero attached hydrogens (tertiary/aromatic N) is 3. The molecule has 9 heteroatoms. The summed E-state index contributed by atoms with van der Waals surface area (Å²) >= 11 is 0. The van der Waals surface area contributed by atoms with Gasteiger partial charge in [0.1, 0.15) is 5.69 Å². The number of esters is 1.